The minimum absolute atomic E-state index is 0.153. The van der Waals surface area contributed by atoms with Crippen molar-refractivity contribution in [2.45, 2.75) is 6.42 Å². The number of benzene rings is 1. The molecule has 1 rings (SSSR count). The summed E-state index contributed by atoms with van der Waals surface area (Å²) in [6, 6.07) is 4.43. The van der Waals surface area contributed by atoms with E-state index >= 15 is 0 Å². The Hall–Kier alpha value is -0.940. The van der Waals surface area contributed by atoms with Crippen LogP contribution in [0.15, 0.2) is 22.7 Å². The van der Waals surface area contributed by atoms with Gasteiger partial charge in [0.1, 0.15) is 5.82 Å². The maximum Gasteiger partial charge on any atom is 0.253 e. The SMILES string of the molecule is CN(C)CCCN(C)C(=O)c1ccc(Br)c(F)c1. The van der Waals surface area contributed by atoms with E-state index in [1.54, 1.807) is 24.1 Å². The van der Waals surface area contributed by atoms with Crippen molar-refractivity contribution in [2.75, 3.05) is 34.2 Å². The number of nitrogens with zero attached hydrogens (tertiary/aromatic N) is 2. The van der Waals surface area contributed by atoms with E-state index in [1.807, 2.05) is 14.1 Å². The maximum absolute atomic E-state index is 13.3. The van der Waals surface area contributed by atoms with Gasteiger partial charge in [-0.2, -0.15) is 0 Å². The van der Waals surface area contributed by atoms with E-state index in [0.717, 1.165) is 13.0 Å². The van der Waals surface area contributed by atoms with Crippen molar-refractivity contribution in [3.8, 4) is 0 Å². The molecule has 0 N–H and O–H groups in total. The molecule has 1 amide bonds. The number of carbonyl (C=O) groups excluding carboxylic acids is 1. The van der Waals surface area contributed by atoms with Gasteiger partial charge in [-0.1, -0.05) is 0 Å². The zero-order chi connectivity index (χ0) is 13.7. The maximum atomic E-state index is 13.3. The predicted octanol–water partition coefficient (Wildman–Crippen LogP) is 2.61. The van der Waals surface area contributed by atoms with E-state index < -0.39 is 5.82 Å². The van der Waals surface area contributed by atoms with Gasteiger partial charge in [-0.05, 0) is 61.2 Å². The van der Waals surface area contributed by atoms with Gasteiger partial charge in [-0.25, -0.2) is 4.39 Å². The number of hydrogen-bond acceptors (Lipinski definition) is 2. The van der Waals surface area contributed by atoms with E-state index in [9.17, 15) is 9.18 Å². The molecule has 1 aromatic rings. The molecule has 0 bridgehead atoms. The molecule has 0 heterocycles. The molecule has 0 saturated heterocycles. The third-order valence-electron chi connectivity index (χ3n) is 2.61. The highest BCUT2D eigenvalue weighted by Gasteiger charge is 2.13. The molecule has 0 atom stereocenters. The number of hydrogen-bond donors (Lipinski definition) is 0. The lowest BCUT2D eigenvalue weighted by Crippen LogP contribution is -2.29. The first-order valence-corrected chi connectivity index (χ1v) is 6.56. The molecule has 0 aliphatic heterocycles. The van der Waals surface area contributed by atoms with E-state index in [1.165, 1.54) is 6.07 Å². The van der Waals surface area contributed by atoms with Crippen molar-refractivity contribution >= 4 is 21.8 Å². The first kappa shape index (κ1) is 15.1. The lowest BCUT2D eigenvalue weighted by molar-refractivity contribution is 0.0790. The molecule has 0 aliphatic carbocycles. The number of carbonyl (C=O) groups is 1. The Labute approximate surface area is 116 Å². The van der Waals surface area contributed by atoms with Crippen molar-refractivity contribution in [2.24, 2.45) is 0 Å². The van der Waals surface area contributed by atoms with Gasteiger partial charge >= 0.3 is 0 Å². The standard InChI is InChI=1S/C13H18BrFN2O/c1-16(2)7-4-8-17(3)13(18)10-5-6-11(14)12(15)9-10/h5-6,9H,4,7-8H2,1-3H3. The predicted molar refractivity (Wildman–Crippen MR) is 74.2 cm³/mol. The summed E-state index contributed by atoms with van der Waals surface area (Å²) < 4.78 is 13.7. The summed E-state index contributed by atoms with van der Waals surface area (Å²) >= 11 is 3.07. The Kier molecular flexibility index (Phi) is 5.75. The van der Waals surface area contributed by atoms with Gasteiger partial charge in [-0.15, -0.1) is 0 Å². The van der Waals surface area contributed by atoms with Gasteiger partial charge in [0.2, 0.25) is 0 Å². The Balaban J connectivity index is 2.60. The van der Waals surface area contributed by atoms with Crippen LogP contribution in [0.25, 0.3) is 0 Å². The molecule has 0 radical (unpaired) electrons. The molecule has 0 aromatic heterocycles. The quantitative estimate of drug-likeness (QED) is 0.833. The van der Waals surface area contributed by atoms with Crippen LogP contribution in [0.3, 0.4) is 0 Å². The van der Waals surface area contributed by atoms with Crippen molar-refractivity contribution in [1.29, 1.82) is 0 Å². The highest BCUT2D eigenvalue weighted by Crippen LogP contribution is 2.17. The lowest BCUT2D eigenvalue weighted by Gasteiger charge is -2.18. The molecule has 0 saturated carbocycles. The molecule has 18 heavy (non-hydrogen) atoms. The summed E-state index contributed by atoms with van der Waals surface area (Å²) in [6.07, 6.45) is 0.897. The summed E-state index contributed by atoms with van der Waals surface area (Å²) in [7, 11) is 5.72. The fourth-order valence-electron chi connectivity index (χ4n) is 1.58. The zero-order valence-electron chi connectivity index (χ0n) is 10.9. The topological polar surface area (TPSA) is 23.6 Å². The minimum atomic E-state index is -0.414. The molecule has 3 nitrogen and oxygen atoms in total. The molecule has 100 valence electrons. The van der Waals surface area contributed by atoms with Crippen LogP contribution in [-0.2, 0) is 0 Å². The molecule has 5 heteroatoms. The van der Waals surface area contributed by atoms with Gasteiger partial charge in [0.25, 0.3) is 5.91 Å². The Bertz CT molecular complexity index is 423. The average molecular weight is 317 g/mol. The monoisotopic (exact) mass is 316 g/mol. The second-order valence-corrected chi connectivity index (χ2v) is 5.37. The van der Waals surface area contributed by atoms with E-state index in [0.29, 0.717) is 16.6 Å². The van der Waals surface area contributed by atoms with Crippen LogP contribution in [0.4, 0.5) is 4.39 Å². The van der Waals surface area contributed by atoms with Crippen LogP contribution in [-0.4, -0.2) is 49.9 Å². The second-order valence-electron chi connectivity index (χ2n) is 4.51. The first-order chi connectivity index (χ1) is 8.41. The summed E-state index contributed by atoms with van der Waals surface area (Å²) in [5, 5.41) is 0. The highest BCUT2D eigenvalue weighted by molar-refractivity contribution is 9.10. The van der Waals surface area contributed by atoms with Crippen molar-refractivity contribution in [3.05, 3.63) is 34.1 Å². The Morgan fingerprint density at radius 1 is 1.28 bits per heavy atom. The van der Waals surface area contributed by atoms with Crippen LogP contribution in [0.1, 0.15) is 16.8 Å². The van der Waals surface area contributed by atoms with Crippen molar-refractivity contribution in [1.82, 2.24) is 9.80 Å². The minimum Gasteiger partial charge on any atom is -0.342 e. The number of amides is 1. The Morgan fingerprint density at radius 2 is 1.94 bits per heavy atom. The average Bonchev–Trinajstić information content (AvgIpc) is 2.31. The molecule has 0 spiro atoms. The number of rotatable bonds is 5. The molecule has 0 fully saturated rings. The van der Waals surface area contributed by atoms with Crippen LogP contribution >= 0.6 is 15.9 Å². The number of halogens is 2. The molecule has 0 unspecified atom stereocenters. The largest absolute Gasteiger partial charge is 0.342 e. The smallest absolute Gasteiger partial charge is 0.253 e. The van der Waals surface area contributed by atoms with Crippen LogP contribution in [0.5, 0.6) is 0 Å². The van der Waals surface area contributed by atoms with Crippen LogP contribution in [0.2, 0.25) is 0 Å². The molecular formula is C13H18BrFN2O. The second kappa shape index (κ2) is 6.85. The lowest BCUT2D eigenvalue weighted by atomic mass is 10.2. The zero-order valence-corrected chi connectivity index (χ0v) is 12.5. The van der Waals surface area contributed by atoms with Gasteiger partial charge in [0.05, 0.1) is 4.47 Å². The van der Waals surface area contributed by atoms with Gasteiger partial charge in [0.15, 0.2) is 0 Å². The summed E-state index contributed by atoms with van der Waals surface area (Å²) in [4.78, 5) is 15.7. The van der Waals surface area contributed by atoms with E-state index in [2.05, 4.69) is 20.8 Å². The van der Waals surface area contributed by atoms with Gasteiger partial charge < -0.3 is 9.80 Å². The van der Waals surface area contributed by atoms with E-state index in [4.69, 9.17) is 0 Å². The van der Waals surface area contributed by atoms with Crippen molar-refractivity contribution in [3.63, 3.8) is 0 Å². The fraction of sp³-hybridized carbons (Fsp3) is 0.462. The van der Waals surface area contributed by atoms with Gasteiger partial charge in [-0.3, -0.25) is 4.79 Å². The van der Waals surface area contributed by atoms with E-state index in [-0.39, 0.29) is 5.91 Å². The normalized spacial score (nSPS) is 10.8. The van der Waals surface area contributed by atoms with Crippen LogP contribution < -0.4 is 0 Å². The van der Waals surface area contributed by atoms with Crippen LogP contribution in [0, 0.1) is 5.82 Å². The summed E-state index contributed by atoms with van der Waals surface area (Å²) in [5.41, 5.74) is 0.378. The summed E-state index contributed by atoms with van der Waals surface area (Å²) in [5.74, 6) is -0.567. The molecular weight excluding hydrogens is 299 g/mol. The van der Waals surface area contributed by atoms with Gasteiger partial charge in [0, 0.05) is 19.2 Å². The van der Waals surface area contributed by atoms with Crippen molar-refractivity contribution < 1.29 is 9.18 Å². The molecule has 0 aliphatic rings. The third-order valence-corrected chi connectivity index (χ3v) is 3.26. The first-order valence-electron chi connectivity index (χ1n) is 5.77. The molecule has 1 aromatic carbocycles. The summed E-state index contributed by atoms with van der Waals surface area (Å²) in [6.45, 7) is 1.58. The Morgan fingerprint density at radius 3 is 2.50 bits per heavy atom. The third kappa shape index (κ3) is 4.38. The highest BCUT2D eigenvalue weighted by atomic mass is 79.9. The fourth-order valence-corrected chi connectivity index (χ4v) is 1.82.